The lowest BCUT2D eigenvalue weighted by atomic mass is 10.1. The van der Waals surface area contributed by atoms with Crippen LogP contribution in [0.2, 0.25) is 0 Å². The van der Waals surface area contributed by atoms with Gasteiger partial charge in [0.15, 0.2) is 11.4 Å². The Hall–Kier alpha value is -2.75. The third-order valence-electron chi connectivity index (χ3n) is 6.77. The van der Waals surface area contributed by atoms with E-state index in [1.165, 1.54) is 0 Å². The van der Waals surface area contributed by atoms with E-state index in [1.807, 2.05) is 38.4 Å². The van der Waals surface area contributed by atoms with E-state index in [9.17, 15) is 0 Å². The highest BCUT2D eigenvalue weighted by Gasteiger charge is 2.54. The fourth-order valence-corrected chi connectivity index (χ4v) is 5.20. The molecule has 0 spiro atoms. The zero-order valence-electron chi connectivity index (χ0n) is 19.5. The highest BCUT2D eigenvalue weighted by Crippen LogP contribution is 2.47. The molecule has 0 radical (unpaired) electrons. The van der Waals surface area contributed by atoms with Crippen molar-refractivity contribution in [1.29, 1.82) is 0 Å². The average molecular weight is 454 g/mol. The molecule has 5 rings (SSSR count). The minimum absolute atomic E-state index is 0.0173. The largest absolute Gasteiger partial charge is 0.497 e. The van der Waals surface area contributed by atoms with Crippen molar-refractivity contribution in [3.05, 3.63) is 42.1 Å². The molecule has 2 N–H and O–H groups in total. The monoisotopic (exact) mass is 453 g/mol. The number of imidazole rings is 1. The van der Waals surface area contributed by atoms with Gasteiger partial charge in [0.2, 0.25) is 0 Å². The lowest BCUT2D eigenvalue weighted by Gasteiger charge is -2.23. The van der Waals surface area contributed by atoms with Gasteiger partial charge in [-0.1, -0.05) is 6.07 Å². The van der Waals surface area contributed by atoms with E-state index in [1.54, 1.807) is 20.5 Å². The van der Waals surface area contributed by atoms with Gasteiger partial charge in [-0.3, -0.25) is 0 Å². The molecule has 176 valence electrons. The first-order chi connectivity index (χ1) is 15.9. The Kier molecular flexibility index (Phi) is 5.72. The van der Waals surface area contributed by atoms with Crippen LogP contribution >= 0.6 is 0 Å². The molecular formula is C24H31N5O4. The molecule has 4 atom stereocenters. The summed E-state index contributed by atoms with van der Waals surface area (Å²) < 4.78 is 25.4. The number of fused-ring (bicyclic) bond motifs is 2. The number of rotatable bonds is 7. The first-order valence-corrected chi connectivity index (χ1v) is 11.4. The van der Waals surface area contributed by atoms with Gasteiger partial charge in [-0.15, -0.1) is 0 Å². The van der Waals surface area contributed by atoms with E-state index in [0.717, 1.165) is 46.8 Å². The van der Waals surface area contributed by atoms with Gasteiger partial charge in [0.05, 0.1) is 38.4 Å². The summed E-state index contributed by atoms with van der Waals surface area (Å²) in [5.74, 6) is 1.19. The molecule has 0 bridgehead atoms. The van der Waals surface area contributed by atoms with Gasteiger partial charge < -0.3 is 29.2 Å². The normalized spacial score (nSPS) is 26.0. The zero-order valence-corrected chi connectivity index (χ0v) is 19.5. The predicted molar refractivity (Wildman–Crippen MR) is 122 cm³/mol. The molecule has 3 heterocycles. The summed E-state index contributed by atoms with van der Waals surface area (Å²) in [6.07, 6.45) is 5.73. The van der Waals surface area contributed by atoms with Gasteiger partial charge in [-0.25, -0.2) is 15.0 Å². The fraction of sp³-hybridized carbons (Fsp3) is 0.542. The smallest absolute Gasteiger partial charge is 0.163 e. The van der Waals surface area contributed by atoms with Crippen molar-refractivity contribution in [1.82, 2.24) is 19.5 Å². The summed E-state index contributed by atoms with van der Waals surface area (Å²) in [7, 11) is 3.32. The standard InChI is InChI=1S/C24H31N5O4/c1-24(2)32-21-15(11-25)9-18(22(21)33-24)29-13-28-20-17(26-12-27-23(20)29)8-6-14-5-7-16(30-3)10-19(14)31-4/h5,7,10,12-13,15,18,21-22H,6,8-9,11,25H2,1-4H3/t15-,18-,21-,22+/m1/s1. The maximum absolute atomic E-state index is 6.28. The van der Waals surface area contributed by atoms with Crippen molar-refractivity contribution in [2.75, 3.05) is 20.8 Å². The number of benzene rings is 1. The summed E-state index contributed by atoms with van der Waals surface area (Å²) in [5, 5.41) is 0. The van der Waals surface area contributed by atoms with Crippen molar-refractivity contribution in [3.8, 4) is 11.5 Å². The van der Waals surface area contributed by atoms with E-state index >= 15 is 0 Å². The van der Waals surface area contributed by atoms with Crippen LogP contribution in [0, 0.1) is 5.92 Å². The molecule has 3 aromatic rings. The van der Waals surface area contributed by atoms with E-state index in [4.69, 9.17) is 29.7 Å². The van der Waals surface area contributed by atoms with Gasteiger partial charge in [0.1, 0.15) is 29.4 Å². The van der Waals surface area contributed by atoms with Crippen LogP contribution in [-0.4, -0.2) is 58.3 Å². The lowest BCUT2D eigenvalue weighted by Crippen LogP contribution is -2.29. The number of hydrogen-bond donors (Lipinski definition) is 1. The Balaban J connectivity index is 1.41. The second kappa shape index (κ2) is 8.55. The molecule has 9 nitrogen and oxygen atoms in total. The molecule has 1 saturated carbocycles. The molecule has 0 amide bonds. The molecule has 2 fully saturated rings. The summed E-state index contributed by atoms with van der Waals surface area (Å²) in [6.45, 7) is 4.47. The van der Waals surface area contributed by atoms with E-state index in [2.05, 4.69) is 14.5 Å². The number of methoxy groups -OCH3 is 2. The SMILES string of the molecule is COc1ccc(CCc2ncnc3c2ncn3[C@@H]2C[C@H](CN)[C@H]3OC(C)(C)O[C@H]32)c(OC)c1. The highest BCUT2D eigenvalue weighted by atomic mass is 16.8. The molecule has 1 aromatic carbocycles. The van der Waals surface area contributed by atoms with E-state index in [0.29, 0.717) is 13.0 Å². The van der Waals surface area contributed by atoms with Crippen LogP contribution in [0.3, 0.4) is 0 Å². The third-order valence-corrected chi connectivity index (χ3v) is 6.77. The molecule has 1 saturated heterocycles. The van der Waals surface area contributed by atoms with Crippen LogP contribution in [0.5, 0.6) is 11.5 Å². The quantitative estimate of drug-likeness (QED) is 0.582. The molecule has 2 aromatic heterocycles. The molecule has 2 aliphatic rings. The number of aryl methyl sites for hydroxylation is 2. The highest BCUT2D eigenvalue weighted by molar-refractivity contribution is 5.73. The van der Waals surface area contributed by atoms with Gasteiger partial charge in [0, 0.05) is 12.0 Å². The number of nitrogens with zero attached hydrogens (tertiary/aromatic N) is 4. The minimum Gasteiger partial charge on any atom is -0.497 e. The van der Waals surface area contributed by atoms with E-state index in [-0.39, 0.29) is 24.2 Å². The number of aromatic nitrogens is 4. The molecule has 1 aliphatic carbocycles. The van der Waals surface area contributed by atoms with Crippen molar-refractivity contribution in [2.24, 2.45) is 11.7 Å². The maximum atomic E-state index is 6.28. The summed E-state index contributed by atoms with van der Waals surface area (Å²) in [6, 6.07) is 5.94. The van der Waals surface area contributed by atoms with Gasteiger partial charge in [-0.2, -0.15) is 0 Å². The summed E-state index contributed by atoms with van der Waals surface area (Å²) >= 11 is 0. The molecule has 9 heteroatoms. The molecule has 1 aliphatic heterocycles. The lowest BCUT2D eigenvalue weighted by molar-refractivity contribution is -0.159. The van der Waals surface area contributed by atoms with Crippen LogP contribution in [0.1, 0.15) is 37.6 Å². The summed E-state index contributed by atoms with van der Waals surface area (Å²) in [5.41, 5.74) is 9.69. The van der Waals surface area contributed by atoms with Crippen LogP contribution in [-0.2, 0) is 22.3 Å². The minimum atomic E-state index is -0.616. The summed E-state index contributed by atoms with van der Waals surface area (Å²) in [4.78, 5) is 13.8. The maximum Gasteiger partial charge on any atom is 0.163 e. The van der Waals surface area contributed by atoms with Gasteiger partial charge >= 0.3 is 0 Å². The fourth-order valence-electron chi connectivity index (χ4n) is 5.20. The van der Waals surface area contributed by atoms with Gasteiger partial charge in [0.25, 0.3) is 0 Å². The first kappa shape index (κ1) is 22.1. The zero-order chi connectivity index (χ0) is 23.2. The van der Waals surface area contributed by atoms with Crippen molar-refractivity contribution in [2.45, 2.75) is 57.1 Å². The van der Waals surface area contributed by atoms with Crippen LogP contribution in [0.15, 0.2) is 30.9 Å². The molecule has 0 unspecified atom stereocenters. The van der Waals surface area contributed by atoms with Crippen LogP contribution in [0.25, 0.3) is 11.2 Å². The number of hydrogen-bond acceptors (Lipinski definition) is 8. The first-order valence-electron chi connectivity index (χ1n) is 11.4. The van der Waals surface area contributed by atoms with Crippen LogP contribution in [0.4, 0.5) is 0 Å². The Morgan fingerprint density at radius 3 is 2.67 bits per heavy atom. The van der Waals surface area contributed by atoms with Gasteiger partial charge in [-0.05, 0) is 51.3 Å². The van der Waals surface area contributed by atoms with E-state index < -0.39 is 5.79 Å². The number of ether oxygens (including phenoxy) is 4. The topological polar surface area (TPSA) is 107 Å². The Morgan fingerprint density at radius 1 is 1.09 bits per heavy atom. The average Bonchev–Trinajstić information content (AvgIpc) is 3.48. The Bertz CT molecular complexity index is 1150. The molecular weight excluding hydrogens is 422 g/mol. The van der Waals surface area contributed by atoms with Crippen molar-refractivity contribution >= 4 is 11.2 Å². The van der Waals surface area contributed by atoms with Crippen molar-refractivity contribution < 1.29 is 18.9 Å². The Morgan fingerprint density at radius 2 is 1.91 bits per heavy atom. The second-order valence-electron chi connectivity index (χ2n) is 9.19. The number of nitrogens with two attached hydrogens (primary N) is 1. The predicted octanol–water partition coefficient (Wildman–Crippen LogP) is 2.67. The van der Waals surface area contributed by atoms with Crippen molar-refractivity contribution in [3.63, 3.8) is 0 Å². The third kappa shape index (κ3) is 3.94. The second-order valence-corrected chi connectivity index (χ2v) is 9.19. The van der Waals surface area contributed by atoms with Crippen LogP contribution < -0.4 is 15.2 Å². The Labute approximate surface area is 193 Å². The molecule has 33 heavy (non-hydrogen) atoms.